The fraction of sp³-hybridized carbons (Fsp3) is 0.556. The lowest BCUT2D eigenvalue weighted by atomic mass is 9.89. The summed E-state index contributed by atoms with van der Waals surface area (Å²) in [6, 6.07) is 0. The third-order valence-electron chi connectivity index (χ3n) is 1.48. The third-order valence-corrected chi connectivity index (χ3v) is 2.45. The van der Waals surface area contributed by atoms with Gasteiger partial charge in [0.05, 0.1) is 12.4 Å². The molecule has 12 heavy (non-hydrogen) atoms. The van der Waals surface area contributed by atoms with Crippen molar-refractivity contribution in [2.45, 2.75) is 27.2 Å². The summed E-state index contributed by atoms with van der Waals surface area (Å²) in [7, 11) is 0. The number of halogens is 1. The molecular formula is C9H13IN2. The van der Waals surface area contributed by atoms with E-state index in [2.05, 4.69) is 53.6 Å². The Morgan fingerprint density at radius 1 is 1.25 bits per heavy atom. The summed E-state index contributed by atoms with van der Waals surface area (Å²) in [5.74, 6) is 0. The van der Waals surface area contributed by atoms with Gasteiger partial charge >= 0.3 is 0 Å². The average molecular weight is 276 g/mol. The molecule has 1 aromatic rings. The maximum atomic E-state index is 3.87. The van der Waals surface area contributed by atoms with E-state index in [1.807, 2.05) is 12.4 Å². The van der Waals surface area contributed by atoms with Crippen LogP contribution in [0, 0.1) is 8.99 Å². The van der Waals surface area contributed by atoms with Crippen LogP contribution in [0.5, 0.6) is 0 Å². The van der Waals surface area contributed by atoms with Gasteiger partial charge in [0.25, 0.3) is 0 Å². The van der Waals surface area contributed by atoms with Crippen LogP contribution in [0.1, 0.15) is 26.3 Å². The van der Waals surface area contributed by atoms with Gasteiger partial charge in [-0.1, -0.05) is 20.8 Å². The van der Waals surface area contributed by atoms with Crippen LogP contribution >= 0.6 is 22.6 Å². The molecule has 0 unspecified atom stereocenters. The first-order chi connectivity index (χ1) is 5.49. The van der Waals surface area contributed by atoms with E-state index in [1.54, 1.807) is 0 Å². The lowest BCUT2D eigenvalue weighted by Crippen LogP contribution is -2.10. The van der Waals surface area contributed by atoms with Gasteiger partial charge in [-0.25, -0.2) is 0 Å². The van der Waals surface area contributed by atoms with Crippen molar-refractivity contribution in [3.05, 3.63) is 21.5 Å². The highest BCUT2D eigenvalue weighted by molar-refractivity contribution is 14.1. The Bertz CT molecular complexity index is 265. The minimum atomic E-state index is 0.322. The van der Waals surface area contributed by atoms with E-state index in [0.29, 0.717) is 5.41 Å². The van der Waals surface area contributed by atoms with Crippen LogP contribution in [0.25, 0.3) is 0 Å². The molecule has 0 N–H and O–H groups in total. The predicted octanol–water partition coefficient (Wildman–Crippen LogP) is 2.67. The van der Waals surface area contributed by atoms with Gasteiger partial charge in [-0.05, 0) is 40.0 Å². The molecule has 0 amide bonds. The number of hydrogen-bond acceptors (Lipinski definition) is 2. The second kappa shape index (κ2) is 3.68. The number of aromatic nitrogens is 2. The van der Waals surface area contributed by atoms with Crippen LogP contribution in [0.2, 0.25) is 0 Å². The lowest BCUT2D eigenvalue weighted by molar-refractivity contribution is 0.409. The van der Waals surface area contributed by atoms with Crippen molar-refractivity contribution in [1.82, 2.24) is 10.2 Å². The fourth-order valence-corrected chi connectivity index (χ4v) is 1.49. The monoisotopic (exact) mass is 276 g/mol. The molecule has 0 saturated carbocycles. The number of nitrogens with zero attached hydrogens (tertiary/aromatic N) is 2. The Kier molecular flexibility index (Phi) is 3.04. The van der Waals surface area contributed by atoms with Gasteiger partial charge in [0.15, 0.2) is 0 Å². The molecule has 0 aliphatic rings. The summed E-state index contributed by atoms with van der Waals surface area (Å²) in [5, 5.41) is 7.69. The molecule has 0 atom stereocenters. The van der Waals surface area contributed by atoms with Crippen LogP contribution in [0.15, 0.2) is 12.4 Å². The van der Waals surface area contributed by atoms with E-state index in [0.717, 1.165) is 6.42 Å². The quantitative estimate of drug-likeness (QED) is 0.737. The molecule has 0 saturated heterocycles. The minimum Gasteiger partial charge on any atom is -0.159 e. The van der Waals surface area contributed by atoms with Gasteiger partial charge in [0.2, 0.25) is 0 Å². The van der Waals surface area contributed by atoms with E-state index in [-0.39, 0.29) is 0 Å². The first-order valence-electron chi connectivity index (χ1n) is 3.94. The van der Waals surface area contributed by atoms with Crippen molar-refractivity contribution in [1.29, 1.82) is 0 Å². The molecule has 66 valence electrons. The summed E-state index contributed by atoms with van der Waals surface area (Å²) < 4.78 is 1.21. The number of hydrogen-bond donors (Lipinski definition) is 0. The topological polar surface area (TPSA) is 25.8 Å². The standard InChI is InChI=1S/C9H13IN2/c1-9(2,3)4-7-5-11-12-6-8(7)10/h5-6H,4H2,1-3H3. The zero-order valence-electron chi connectivity index (χ0n) is 7.63. The van der Waals surface area contributed by atoms with Crippen LogP contribution < -0.4 is 0 Å². The van der Waals surface area contributed by atoms with Crippen molar-refractivity contribution in [3.63, 3.8) is 0 Å². The predicted molar refractivity (Wildman–Crippen MR) is 57.9 cm³/mol. The van der Waals surface area contributed by atoms with Gasteiger partial charge in [0.1, 0.15) is 0 Å². The third kappa shape index (κ3) is 3.05. The zero-order chi connectivity index (χ0) is 9.19. The van der Waals surface area contributed by atoms with Gasteiger partial charge < -0.3 is 0 Å². The molecule has 0 aromatic carbocycles. The van der Waals surface area contributed by atoms with Crippen molar-refractivity contribution in [2.75, 3.05) is 0 Å². The summed E-state index contributed by atoms with van der Waals surface area (Å²) in [6.45, 7) is 6.68. The van der Waals surface area contributed by atoms with Crippen molar-refractivity contribution >= 4 is 22.6 Å². The lowest BCUT2D eigenvalue weighted by Gasteiger charge is -2.18. The molecule has 2 nitrogen and oxygen atoms in total. The van der Waals surface area contributed by atoms with E-state index >= 15 is 0 Å². The Morgan fingerprint density at radius 3 is 2.33 bits per heavy atom. The smallest absolute Gasteiger partial charge is 0.0632 e. The molecule has 0 aliphatic carbocycles. The van der Waals surface area contributed by atoms with Crippen molar-refractivity contribution < 1.29 is 0 Å². The average Bonchev–Trinajstić information content (AvgIpc) is 1.91. The molecule has 1 heterocycles. The molecule has 0 aliphatic heterocycles. The Morgan fingerprint density at radius 2 is 1.83 bits per heavy atom. The van der Waals surface area contributed by atoms with Crippen LogP contribution in [-0.4, -0.2) is 10.2 Å². The maximum Gasteiger partial charge on any atom is 0.0632 e. The number of rotatable bonds is 1. The largest absolute Gasteiger partial charge is 0.159 e. The highest BCUT2D eigenvalue weighted by atomic mass is 127. The highest BCUT2D eigenvalue weighted by Gasteiger charge is 2.13. The first kappa shape index (κ1) is 9.89. The van der Waals surface area contributed by atoms with Gasteiger partial charge in [-0.2, -0.15) is 10.2 Å². The molecule has 1 rings (SSSR count). The normalized spacial score (nSPS) is 11.7. The van der Waals surface area contributed by atoms with Gasteiger partial charge in [-0.15, -0.1) is 0 Å². The highest BCUT2D eigenvalue weighted by Crippen LogP contribution is 2.22. The second-order valence-electron chi connectivity index (χ2n) is 4.10. The fourth-order valence-electron chi connectivity index (χ4n) is 1.03. The maximum absolute atomic E-state index is 3.87. The minimum absolute atomic E-state index is 0.322. The van der Waals surface area contributed by atoms with Crippen LogP contribution in [-0.2, 0) is 6.42 Å². The summed E-state index contributed by atoms with van der Waals surface area (Å²) >= 11 is 2.30. The van der Waals surface area contributed by atoms with Gasteiger partial charge in [0, 0.05) is 3.57 Å². The molecule has 0 radical (unpaired) electrons. The second-order valence-corrected chi connectivity index (χ2v) is 5.26. The summed E-state index contributed by atoms with van der Waals surface area (Å²) in [5.41, 5.74) is 1.61. The Hall–Kier alpha value is -0.190. The molecule has 0 fully saturated rings. The molecular weight excluding hydrogens is 263 g/mol. The molecule has 0 bridgehead atoms. The van der Waals surface area contributed by atoms with E-state index in [4.69, 9.17) is 0 Å². The Balaban J connectivity index is 2.83. The van der Waals surface area contributed by atoms with E-state index in [1.165, 1.54) is 9.13 Å². The molecule has 0 spiro atoms. The van der Waals surface area contributed by atoms with Gasteiger partial charge in [-0.3, -0.25) is 0 Å². The molecule has 3 heteroatoms. The zero-order valence-corrected chi connectivity index (χ0v) is 9.79. The summed E-state index contributed by atoms with van der Waals surface area (Å²) in [6.07, 6.45) is 4.72. The van der Waals surface area contributed by atoms with Crippen LogP contribution in [0.3, 0.4) is 0 Å². The first-order valence-corrected chi connectivity index (χ1v) is 5.02. The van der Waals surface area contributed by atoms with E-state index < -0.39 is 0 Å². The van der Waals surface area contributed by atoms with Crippen molar-refractivity contribution in [2.24, 2.45) is 5.41 Å². The van der Waals surface area contributed by atoms with Crippen molar-refractivity contribution in [3.8, 4) is 0 Å². The Labute approximate surface area is 86.9 Å². The SMILES string of the molecule is CC(C)(C)Cc1cnncc1I. The molecule has 1 aromatic heterocycles. The van der Waals surface area contributed by atoms with E-state index in [9.17, 15) is 0 Å². The summed E-state index contributed by atoms with van der Waals surface area (Å²) in [4.78, 5) is 0. The van der Waals surface area contributed by atoms with Crippen LogP contribution in [0.4, 0.5) is 0 Å².